The molecule has 2 heterocycles. The summed E-state index contributed by atoms with van der Waals surface area (Å²) >= 11 is 0. The summed E-state index contributed by atoms with van der Waals surface area (Å²) in [6.45, 7) is 4.01. The highest BCUT2D eigenvalue weighted by Crippen LogP contribution is 2.27. The molecule has 0 spiro atoms. The summed E-state index contributed by atoms with van der Waals surface area (Å²) in [5.41, 5.74) is 6.29. The van der Waals surface area contributed by atoms with E-state index in [0.29, 0.717) is 38.3 Å². The SMILES string of the molecule is CC[C@H](N)C(=O)N1CCN(c2ccncc2[N+](=O)[O-])CC1. The molecule has 1 aromatic heterocycles. The van der Waals surface area contributed by atoms with Crippen molar-refractivity contribution in [3.63, 3.8) is 0 Å². The number of pyridine rings is 1. The van der Waals surface area contributed by atoms with Gasteiger partial charge in [-0.2, -0.15) is 0 Å². The van der Waals surface area contributed by atoms with Crippen molar-refractivity contribution in [3.05, 3.63) is 28.6 Å². The molecule has 8 nitrogen and oxygen atoms in total. The van der Waals surface area contributed by atoms with Gasteiger partial charge in [-0.05, 0) is 12.5 Å². The van der Waals surface area contributed by atoms with E-state index in [0.717, 1.165) is 0 Å². The average molecular weight is 293 g/mol. The van der Waals surface area contributed by atoms with Crippen LogP contribution in [0.25, 0.3) is 0 Å². The Morgan fingerprint density at radius 3 is 2.71 bits per heavy atom. The van der Waals surface area contributed by atoms with E-state index in [1.807, 2.05) is 11.8 Å². The van der Waals surface area contributed by atoms with Gasteiger partial charge in [-0.3, -0.25) is 19.9 Å². The fourth-order valence-corrected chi connectivity index (χ4v) is 2.36. The minimum atomic E-state index is -0.466. The third-order valence-electron chi connectivity index (χ3n) is 3.66. The number of amides is 1. The van der Waals surface area contributed by atoms with E-state index in [9.17, 15) is 14.9 Å². The van der Waals surface area contributed by atoms with Gasteiger partial charge in [0.05, 0.1) is 11.0 Å². The van der Waals surface area contributed by atoms with Gasteiger partial charge in [0, 0.05) is 32.4 Å². The lowest BCUT2D eigenvalue weighted by molar-refractivity contribution is -0.384. The van der Waals surface area contributed by atoms with Crippen LogP contribution < -0.4 is 10.6 Å². The summed E-state index contributed by atoms with van der Waals surface area (Å²) in [4.78, 5) is 30.0. The Morgan fingerprint density at radius 2 is 2.14 bits per heavy atom. The van der Waals surface area contributed by atoms with Gasteiger partial charge in [-0.1, -0.05) is 6.92 Å². The van der Waals surface area contributed by atoms with Gasteiger partial charge in [0.1, 0.15) is 11.9 Å². The van der Waals surface area contributed by atoms with E-state index in [1.54, 1.807) is 11.0 Å². The number of anilines is 1. The van der Waals surface area contributed by atoms with Crippen molar-refractivity contribution in [2.45, 2.75) is 19.4 Å². The molecule has 0 bridgehead atoms. The maximum absolute atomic E-state index is 12.0. The van der Waals surface area contributed by atoms with Crippen molar-refractivity contribution in [3.8, 4) is 0 Å². The van der Waals surface area contributed by atoms with Gasteiger partial charge < -0.3 is 15.5 Å². The van der Waals surface area contributed by atoms with Crippen LogP contribution in [-0.4, -0.2) is 52.9 Å². The molecule has 1 saturated heterocycles. The maximum Gasteiger partial charge on any atom is 0.310 e. The van der Waals surface area contributed by atoms with Crippen molar-refractivity contribution in [2.75, 3.05) is 31.1 Å². The van der Waals surface area contributed by atoms with E-state index in [4.69, 9.17) is 5.73 Å². The van der Waals surface area contributed by atoms with E-state index >= 15 is 0 Å². The Labute approximate surface area is 122 Å². The number of rotatable bonds is 4. The minimum absolute atomic E-state index is 0.0115. The molecule has 0 radical (unpaired) electrons. The van der Waals surface area contributed by atoms with E-state index in [2.05, 4.69) is 4.98 Å². The first-order valence-electron chi connectivity index (χ1n) is 6.92. The lowest BCUT2D eigenvalue weighted by atomic mass is 10.2. The first kappa shape index (κ1) is 15.2. The monoisotopic (exact) mass is 293 g/mol. The van der Waals surface area contributed by atoms with Gasteiger partial charge in [-0.15, -0.1) is 0 Å². The molecule has 8 heteroatoms. The van der Waals surface area contributed by atoms with Gasteiger partial charge in [-0.25, -0.2) is 0 Å². The fourth-order valence-electron chi connectivity index (χ4n) is 2.36. The molecule has 0 aliphatic carbocycles. The van der Waals surface area contributed by atoms with Gasteiger partial charge in [0.2, 0.25) is 5.91 Å². The molecule has 2 rings (SSSR count). The van der Waals surface area contributed by atoms with Crippen LogP contribution in [0.15, 0.2) is 18.5 Å². The molecular weight excluding hydrogens is 274 g/mol. The molecule has 0 saturated carbocycles. The molecule has 0 aromatic carbocycles. The standard InChI is InChI=1S/C13H19N5O3/c1-2-10(14)13(19)17-7-5-16(6-8-17)11-3-4-15-9-12(11)18(20)21/h3-4,9-10H,2,5-8,14H2,1H3/t10-/m0/s1. The maximum atomic E-state index is 12.0. The normalized spacial score (nSPS) is 16.7. The molecule has 114 valence electrons. The molecular formula is C13H19N5O3. The van der Waals surface area contributed by atoms with Crippen LogP contribution in [0.5, 0.6) is 0 Å². The second kappa shape index (κ2) is 6.49. The van der Waals surface area contributed by atoms with E-state index in [1.165, 1.54) is 12.4 Å². The number of nitrogens with zero attached hydrogens (tertiary/aromatic N) is 4. The second-order valence-electron chi connectivity index (χ2n) is 4.95. The van der Waals surface area contributed by atoms with Gasteiger partial charge >= 0.3 is 5.69 Å². The first-order valence-corrected chi connectivity index (χ1v) is 6.92. The molecule has 1 fully saturated rings. The van der Waals surface area contributed by atoms with Crippen LogP contribution in [0.1, 0.15) is 13.3 Å². The summed E-state index contributed by atoms with van der Waals surface area (Å²) in [6, 6.07) is 1.17. The Bertz CT molecular complexity index is 528. The third kappa shape index (κ3) is 3.27. The quantitative estimate of drug-likeness (QED) is 0.635. The summed E-state index contributed by atoms with van der Waals surface area (Å²) in [6.07, 6.45) is 3.39. The van der Waals surface area contributed by atoms with Gasteiger partial charge in [0.15, 0.2) is 0 Å². The molecule has 1 amide bonds. The van der Waals surface area contributed by atoms with Crippen LogP contribution in [0.4, 0.5) is 11.4 Å². The molecule has 0 unspecified atom stereocenters. The number of carbonyl (C=O) groups is 1. The summed E-state index contributed by atoms with van der Waals surface area (Å²) in [5.74, 6) is -0.0543. The Balaban J connectivity index is 2.05. The lowest BCUT2D eigenvalue weighted by Gasteiger charge is -2.36. The van der Waals surface area contributed by atoms with Crippen LogP contribution in [0, 0.1) is 10.1 Å². The number of carbonyl (C=O) groups excluding carboxylic acids is 1. The predicted octanol–water partition coefficient (Wildman–Crippen LogP) is 0.376. The van der Waals surface area contributed by atoms with Crippen molar-refractivity contribution < 1.29 is 9.72 Å². The number of piperazine rings is 1. The van der Waals surface area contributed by atoms with E-state index < -0.39 is 11.0 Å². The summed E-state index contributed by atoms with van der Waals surface area (Å²) in [7, 11) is 0. The second-order valence-corrected chi connectivity index (χ2v) is 4.95. The van der Waals surface area contributed by atoms with Crippen LogP contribution in [-0.2, 0) is 4.79 Å². The highest BCUT2D eigenvalue weighted by molar-refractivity contribution is 5.82. The van der Waals surface area contributed by atoms with Crippen molar-refractivity contribution in [1.29, 1.82) is 0 Å². The van der Waals surface area contributed by atoms with Crippen LogP contribution in [0.3, 0.4) is 0 Å². The largest absolute Gasteiger partial charge is 0.362 e. The molecule has 21 heavy (non-hydrogen) atoms. The number of nitrogens with two attached hydrogens (primary N) is 1. The average Bonchev–Trinajstić information content (AvgIpc) is 2.53. The number of aromatic nitrogens is 1. The highest BCUT2D eigenvalue weighted by Gasteiger charge is 2.27. The summed E-state index contributed by atoms with van der Waals surface area (Å²) in [5, 5.41) is 11.0. The Hall–Kier alpha value is -2.22. The zero-order valence-corrected chi connectivity index (χ0v) is 11.9. The smallest absolute Gasteiger partial charge is 0.310 e. The van der Waals surface area contributed by atoms with Crippen molar-refractivity contribution in [2.24, 2.45) is 5.73 Å². The zero-order chi connectivity index (χ0) is 15.4. The molecule has 1 atom stereocenters. The molecule has 1 aliphatic rings. The third-order valence-corrected chi connectivity index (χ3v) is 3.66. The summed E-state index contributed by atoms with van der Waals surface area (Å²) < 4.78 is 0. The molecule has 1 aromatic rings. The number of nitro groups is 1. The van der Waals surface area contributed by atoms with E-state index in [-0.39, 0.29) is 11.6 Å². The molecule has 1 aliphatic heterocycles. The number of hydrogen-bond donors (Lipinski definition) is 1. The van der Waals surface area contributed by atoms with Crippen LogP contribution >= 0.6 is 0 Å². The van der Waals surface area contributed by atoms with Gasteiger partial charge in [0.25, 0.3) is 0 Å². The molecule has 2 N–H and O–H groups in total. The van der Waals surface area contributed by atoms with Crippen molar-refractivity contribution >= 4 is 17.3 Å². The first-order chi connectivity index (χ1) is 10.0. The number of hydrogen-bond acceptors (Lipinski definition) is 6. The zero-order valence-electron chi connectivity index (χ0n) is 11.9. The Morgan fingerprint density at radius 1 is 1.48 bits per heavy atom. The van der Waals surface area contributed by atoms with Crippen molar-refractivity contribution in [1.82, 2.24) is 9.88 Å². The van der Waals surface area contributed by atoms with Crippen LogP contribution in [0.2, 0.25) is 0 Å². The lowest BCUT2D eigenvalue weighted by Crippen LogP contribution is -2.53. The fraction of sp³-hybridized carbons (Fsp3) is 0.538. The minimum Gasteiger partial charge on any atom is -0.362 e. The highest BCUT2D eigenvalue weighted by atomic mass is 16.6. The predicted molar refractivity (Wildman–Crippen MR) is 78.0 cm³/mol. The Kier molecular flexibility index (Phi) is 4.69. The topological polar surface area (TPSA) is 106 Å².